The maximum Gasteiger partial charge on any atom is 0.283 e. The van der Waals surface area contributed by atoms with Gasteiger partial charge in [-0.1, -0.05) is 6.92 Å². The highest BCUT2D eigenvalue weighted by Crippen LogP contribution is 2.19. The molecular formula is C16H14N2O4. The Hall–Kier alpha value is -2.89. The number of ether oxygens (including phenoxy) is 1. The van der Waals surface area contributed by atoms with Crippen LogP contribution in [0.2, 0.25) is 0 Å². The monoisotopic (exact) mass is 298 g/mol. The first-order valence-electron chi connectivity index (χ1n) is 6.88. The molecule has 0 spiro atoms. The van der Waals surface area contributed by atoms with Crippen LogP contribution in [0.25, 0.3) is 11.7 Å². The van der Waals surface area contributed by atoms with Crippen molar-refractivity contribution in [3.63, 3.8) is 0 Å². The van der Waals surface area contributed by atoms with E-state index >= 15 is 0 Å². The summed E-state index contributed by atoms with van der Waals surface area (Å²) in [6.07, 6.45) is 2.02. The Morgan fingerprint density at radius 1 is 1.18 bits per heavy atom. The van der Waals surface area contributed by atoms with Gasteiger partial charge in [0, 0.05) is 12.0 Å². The molecule has 0 aliphatic rings. The van der Waals surface area contributed by atoms with Crippen molar-refractivity contribution in [2.24, 2.45) is 0 Å². The van der Waals surface area contributed by atoms with Crippen molar-refractivity contribution in [1.29, 1.82) is 0 Å². The Morgan fingerprint density at radius 3 is 2.68 bits per heavy atom. The van der Waals surface area contributed by atoms with E-state index in [4.69, 9.17) is 13.6 Å². The zero-order valence-electron chi connectivity index (χ0n) is 12.0. The van der Waals surface area contributed by atoms with Crippen molar-refractivity contribution >= 4 is 5.78 Å². The molecule has 0 fully saturated rings. The molecule has 6 heteroatoms. The number of carbonyl (C=O) groups excluding carboxylic acids is 1. The summed E-state index contributed by atoms with van der Waals surface area (Å²) in [5.74, 6) is 1.91. The van der Waals surface area contributed by atoms with Crippen molar-refractivity contribution < 1.29 is 18.4 Å². The zero-order chi connectivity index (χ0) is 15.4. The van der Waals surface area contributed by atoms with Crippen molar-refractivity contribution in [2.75, 3.05) is 0 Å². The first kappa shape index (κ1) is 14.1. The fourth-order valence-corrected chi connectivity index (χ4v) is 1.90. The fourth-order valence-electron chi connectivity index (χ4n) is 1.90. The lowest BCUT2D eigenvalue weighted by Gasteiger charge is -2.04. The topological polar surface area (TPSA) is 78.4 Å². The lowest BCUT2D eigenvalue weighted by atomic mass is 10.1. The van der Waals surface area contributed by atoms with E-state index in [0.717, 1.165) is 0 Å². The van der Waals surface area contributed by atoms with Gasteiger partial charge in [0.15, 0.2) is 18.2 Å². The maximum absolute atomic E-state index is 11.5. The van der Waals surface area contributed by atoms with Crippen LogP contribution < -0.4 is 4.74 Å². The van der Waals surface area contributed by atoms with Crippen LogP contribution in [0.5, 0.6) is 5.75 Å². The van der Waals surface area contributed by atoms with Gasteiger partial charge in [-0.3, -0.25) is 4.79 Å². The number of benzene rings is 1. The highest BCUT2D eigenvalue weighted by molar-refractivity contribution is 5.95. The molecule has 3 aromatic rings. The number of ketones is 1. The van der Waals surface area contributed by atoms with Crippen LogP contribution in [-0.2, 0) is 6.61 Å². The fraction of sp³-hybridized carbons (Fsp3) is 0.188. The smallest absolute Gasteiger partial charge is 0.283 e. The second-order valence-electron chi connectivity index (χ2n) is 4.57. The molecule has 2 heterocycles. The van der Waals surface area contributed by atoms with E-state index in [-0.39, 0.29) is 12.4 Å². The molecule has 0 amide bonds. The minimum Gasteiger partial charge on any atom is -0.484 e. The van der Waals surface area contributed by atoms with E-state index < -0.39 is 0 Å². The maximum atomic E-state index is 11.5. The van der Waals surface area contributed by atoms with Gasteiger partial charge in [-0.05, 0) is 36.4 Å². The molecule has 0 unspecified atom stereocenters. The van der Waals surface area contributed by atoms with Gasteiger partial charge in [-0.2, -0.15) is 0 Å². The Labute approximate surface area is 126 Å². The van der Waals surface area contributed by atoms with Gasteiger partial charge < -0.3 is 13.6 Å². The number of aromatic nitrogens is 2. The summed E-state index contributed by atoms with van der Waals surface area (Å²) in [4.78, 5) is 11.5. The molecule has 1 aromatic carbocycles. The van der Waals surface area contributed by atoms with Gasteiger partial charge in [0.2, 0.25) is 0 Å². The third kappa shape index (κ3) is 3.06. The minimum absolute atomic E-state index is 0.103. The van der Waals surface area contributed by atoms with E-state index in [0.29, 0.717) is 35.3 Å². The van der Waals surface area contributed by atoms with Crippen LogP contribution in [0.4, 0.5) is 0 Å². The lowest BCUT2D eigenvalue weighted by Crippen LogP contribution is -1.98. The normalized spacial score (nSPS) is 10.6. The lowest BCUT2D eigenvalue weighted by molar-refractivity contribution is 0.0988. The predicted octanol–water partition coefficient (Wildman–Crippen LogP) is 3.50. The molecule has 112 valence electrons. The predicted molar refractivity (Wildman–Crippen MR) is 77.4 cm³/mol. The number of carbonyl (C=O) groups is 1. The average Bonchev–Trinajstić information content (AvgIpc) is 3.23. The van der Waals surface area contributed by atoms with Crippen molar-refractivity contribution in [3.8, 4) is 17.4 Å². The average molecular weight is 298 g/mol. The number of hydrogen-bond donors (Lipinski definition) is 0. The molecule has 0 saturated carbocycles. The molecule has 0 N–H and O–H groups in total. The Balaban J connectivity index is 1.62. The van der Waals surface area contributed by atoms with Gasteiger partial charge in [-0.25, -0.2) is 0 Å². The number of rotatable bonds is 6. The zero-order valence-corrected chi connectivity index (χ0v) is 12.0. The minimum atomic E-state index is 0.103. The highest BCUT2D eigenvalue weighted by Gasteiger charge is 2.11. The van der Waals surface area contributed by atoms with Crippen molar-refractivity contribution in [2.45, 2.75) is 20.0 Å². The Morgan fingerprint density at radius 2 is 2.00 bits per heavy atom. The summed E-state index contributed by atoms with van der Waals surface area (Å²) in [5.41, 5.74) is 0.674. The van der Waals surface area contributed by atoms with Crippen LogP contribution >= 0.6 is 0 Å². The third-order valence-electron chi connectivity index (χ3n) is 3.06. The first-order valence-corrected chi connectivity index (χ1v) is 6.88. The van der Waals surface area contributed by atoms with Crippen LogP contribution in [0, 0.1) is 0 Å². The summed E-state index contributed by atoms with van der Waals surface area (Å²) < 4.78 is 16.2. The number of furan rings is 1. The van der Waals surface area contributed by atoms with Crippen molar-refractivity contribution in [3.05, 3.63) is 54.1 Å². The third-order valence-corrected chi connectivity index (χ3v) is 3.06. The SMILES string of the molecule is CCC(=O)c1ccc(OCc2nnc(-c3ccco3)o2)cc1. The van der Waals surface area contributed by atoms with Gasteiger partial charge in [-0.15, -0.1) is 10.2 Å². The summed E-state index contributed by atoms with van der Waals surface area (Å²) in [5, 5.41) is 7.77. The van der Waals surface area contributed by atoms with Gasteiger partial charge in [0.1, 0.15) is 5.75 Å². The number of nitrogens with zero attached hydrogens (tertiary/aromatic N) is 2. The summed E-state index contributed by atoms with van der Waals surface area (Å²) >= 11 is 0. The van der Waals surface area contributed by atoms with Gasteiger partial charge >= 0.3 is 0 Å². The summed E-state index contributed by atoms with van der Waals surface area (Å²) in [6, 6.07) is 10.4. The molecule has 3 rings (SSSR count). The molecule has 22 heavy (non-hydrogen) atoms. The second-order valence-corrected chi connectivity index (χ2v) is 4.57. The molecule has 6 nitrogen and oxygen atoms in total. The van der Waals surface area contributed by atoms with E-state index in [1.54, 1.807) is 36.4 Å². The van der Waals surface area contributed by atoms with Gasteiger partial charge in [0.05, 0.1) is 6.26 Å². The standard InChI is InChI=1S/C16H14N2O4/c1-2-13(19)11-5-7-12(8-6-11)21-10-15-17-18-16(22-15)14-4-3-9-20-14/h3-9H,2,10H2,1H3. The Kier molecular flexibility index (Phi) is 4.00. The second kappa shape index (κ2) is 6.26. The Bertz CT molecular complexity index is 745. The molecule has 0 aliphatic heterocycles. The molecule has 2 aromatic heterocycles. The number of hydrogen-bond acceptors (Lipinski definition) is 6. The largest absolute Gasteiger partial charge is 0.484 e. The van der Waals surface area contributed by atoms with E-state index in [9.17, 15) is 4.79 Å². The molecule has 0 aliphatic carbocycles. The summed E-state index contributed by atoms with van der Waals surface area (Å²) in [7, 11) is 0. The van der Waals surface area contributed by atoms with Crippen LogP contribution in [-0.4, -0.2) is 16.0 Å². The molecule has 0 radical (unpaired) electrons. The van der Waals surface area contributed by atoms with Crippen LogP contribution in [0.3, 0.4) is 0 Å². The van der Waals surface area contributed by atoms with E-state index in [1.807, 2.05) is 6.92 Å². The molecular weight excluding hydrogens is 284 g/mol. The molecule has 0 bridgehead atoms. The van der Waals surface area contributed by atoms with Crippen LogP contribution in [0.1, 0.15) is 29.6 Å². The molecule has 0 saturated heterocycles. The quantitative estimate of drug-likeness (QED) is 0.648. The van der Waals surface area contributed by atoms with E-state index in [1.165, 1.54) is 6.26 Å². The van der Waals surface area contributed by atoms with Crippen LogP contribution in [0.15, 0.2) is 51.5 Å². The van der Waals surface area contributed by atoms with Crippen molar-refractivity contribution in [1.82, 2.24) is 10.2 Å². The first-order chi connectivity index (χ1) is 10.8. The molecule has 0 atom stereocenters. The number of Topliss-reactive ketones (excluding diaryl/α,β-unsaturated/α-hetero) is 1. The summed E-state index contributed by atoms with van der Waals surface area (Å²) in [6.45, 7) is 1.98. The van der Waals surface area contributed by atoms with Gasteiger partial charge in [0.25, 0.3) is 11.8 Å². The highest BCUT2D eigenvalue weighted by atomic mass is 16.5. The van der Waals surface area contributed by atoms with E-state index in [2.05, 4.69) is 10.2 Å².